The van der Waals surface area contributed by atoms with Gasteiger partial charge in [-0.1, -0.05) is 0 Å². The van der Waals surface area contributed by atoms with Crippen LogP contribution in [-0.2, 0) is 6.54 Å². The number of rotatable bonds is 3. The number of nitrogens with one attached hydrogen (secondary N) is 1. The first-order valence-corrected chi connectivity index (χ1v) is 6.18. The SMILES string of the molecule is CNCc1cc2c(cc1SC)OCCO2. The van der Waals surface area contributed by atoms with Gasteiger partial charge in [0.2, 0.25) is 0 Å². The highest BCUT2D eigenvalue weighted by atomic mass is 32.2. The van der Waals surface area contributed by atoms with E-state index >= 15 is 0 Å². The van der Waals surface area contributed by atoms with Crippen molar-refractivity contribution in [3.05, 3.63) is 17.7 Å². The first-order valence-electron chi connectivity index (χ1n) is 4.96. The fourth-order valence-electron chi connectivity index (χ4n) is 1.63. The first kappa shape index (κ1) is 10.6. The Morgan fingerprint density at radius 3 is 2.53 bits per heavy atom. The Kier molecular flexibility index (Phi) is 3.38. The van der Waals surface area contributed by atoms with Gasteiger partial charge in [-0.3, -0.25) is 0 Å². The highest BCUT2D eigenvalue weighted by molar-refractivity contribution is 7.98. The Morgan fingerprint density at radius 1 is 1.27 bits per heavy atom. The molecule has 0 atom stereocenters. The van der Waals surface area contributed by atoms with Gasteiger partial charge < -0.3 is 14.8 Å². The van der Waals surface area contributed by atoms with E-state index in [1.54, 1.807) is 11.8 Å². The maximum absolute atomic E-state index is 5.55. The number of benzene rings is 1. The molecule has 0 amide bonds. The number of fused-ring (bicyclic) bond motifs is 1. The normalized spacial score (nSPS) is 14.0. The summed E-state index contributed by atoms with van der Waals surface area (Å²) in [6, 6.07) is 4.13. The van der Waals surface area contributed by atoms with Gasteiger partial charge in [-0.15, -0.1) is 11.8 Å². The molecule has 0 bridgehead atoms. The third-order valence-corrected chi connectivity index (χ3v) is 3.13. The van der Waals surface area contributed by atoms with Crippen LogP contribution < -0.4 is 14.8 Å². The molecule has 3 nitrogen and oxygen atoms in total. The summed E-state index contributed by atoms with van der Waals surface area (Å²) >= 11 is 1.73. The van der Waals surface area contributed by atoms with Gasteiger partial charge in [-0.2, -0.15) is 0 Å². The molecular weight excluding hydrogens is 210 g/mol. The van der Waals surface area contributed by atoms with Crippen LogP contribution in [0.2, 0.25) is 0 Å². The quantitative estimate of drug-likeness (QED) is 0.796. The maximum atomic E-state index is 5.55. The highest BCUT2D eigenvalue weighted by Crippen LogP contribution is 2.36. The Bertz CT molecular complexity index is 355. The molecular formula is C11H15NO2S. The number of hydrogen-bond acceptors (Lipinski definition) is 4. The van der Waals surface area contributed by atoms with Crippen LogP contribution in [-0.4, -0.2) is 26.5 Å². The van der Waals surface area contributed by atoms with E-state index in [1.807, 2.05) is 7.05 Å². The van der Waals surface area contributed by atoms with Crippen molar-refractivity contribution in [2.24, 2.45) is 0 Å². The molecule has 0 radical (unpaired) electrons. The predicted molar refractivity (Wildman–Crippen MR) is 62.0 cm³/mol. The van der Waals surface area contributed by atoms with Crippen molar-refractivity contribution in [2.45, 2.75) is 11.4 Å². The molecule has 0 unspecified atom stereocenters. The molecule has 15 heavy (non-hydrogen) atoms. The van der Waals surface area contributed by atoms with Crippen LogP contribution in [0.3, 0.4) is 0 Å². The molecule has 0 aromatic heterocycles. The molecule has 0 saturated carbocycles. The van der Waals surface area contributed by atoms with Crippen LogP contribution in [0, 0.1) is 0 Å². The summed E-state index contributed by atoms with van der Waals surface area (Å²) in [5, 5.41) is 3.16. The number of thioether (sulfide) groups is 1. The Labute approximate surface area is 94.2 Å². The molecule has 1 aliphatic heterocycles. The molecule has 2 rings (SSSR count). The zero-order chi connectivity index (χ0) is 10.7. The van der Waals surface area contributed by atoms with Crippen LogP contribution in [0.25, 0.3) is 0 Å². The summed E-state index contributed by atoms with van der Waals surface area (Å²) in [5.74, 6) is 1.73. The smallest absolute Gasteiger partial charge is 0.162 e. The van der Waals surface area contributed by atoms with Crippen molar-refractivity contribution in [2.75, 3.05) is 26.5 Å². The van der Waals surface area contributed by atoms with Crippen LogP contribution in [0.15, 0.2) is 17.0 Å². The van der Waals surface area contributed by atoms with Crippen molar-refractivity contribution in [1.29, 1.82) is 0 Å². The molecule has 1 N–H and O–H groups in total. The zero-order valence-electron chi connectivity index (χ0n) is 9.00. The lowest BCUT2D eigenvalue weighted by atomic mass is 10.2. The minimum Gasteiger partial charge on any atom is -0.486 e. The fourth-order valence-corrected chi connectivity index (χ4v) is 2.25. The van der Waals surface area contributed by atoms with Gasteiger partial charge in [0, 0.05) is 11.4 Å². The second kappa shape index (κ2) is 4.77. The van der Waals surface area contributed by atoms with Crippen LogP contribution >= 0.6 is 11.8 Å². The van der Waals surface area contributed by atoms with E-state index in [0.29, 0.717) is 13.2 Å². The Hall–Kier alpha value is -0.870. The van der Waals surface area contributed by atoms with Crippen molar-refractivity contribution in [1.82, 2.24) is 5.32 Å². The van der Waals surface area contributed by atoms with Crippen molar-refractivity contribution >= 4 is 11.8 Å². The van der Waals surface area contributed by atoms with E-state index in [0.717, 1.165) is 18.0 Å². The van der Waals surface area contributed by atoms with Crippen molar-refractivity contribution < 1.29 is 9.47 Å². The van der Waals surface area contributed by atoms with E-state index in [1.165, 1.54) is 10.5 Å². The average molecular weight is 225 g/mol. The van der Waals surface area contributed by atoms with Gasteiger partial charge in [0.25, 0.3) is 0 Å². The number of ether oxygens (including phenoxy) is 2. The largest absolute Gasteiger partial charge is 0.486 e. The van der Waals surface area contributed by atoms with Gasteiger partial charge in [-0.25, -0.2) is 0 Å². The topological polar surface area (TPSA) is 30.5 Å². The van der Waals surface area contributed by atoms with E-state index in [9.17, 15) is 0 Å². The number of hydrogen-bond donors (Lipinski definition) is 1. The minimum atomic E-state index is 0.643. The van der Waals surface area contributed by atoms with E-state index in [-0.39, 0.29) is 0 Å². The highest BCUT2D eigenvalue weighted by Gasteiger charge is 2.14. The molecule has 0 aliphatic carbocycles. The van der Waals surface area contributed by atoms with E-state index in [4.69, 9.17) is 9.47 Å². The van der Waals surface area contributed by atoms with Crippen molar-refractivity contribution in [3.63, 3.8) is 0 Å². The first-order chi connectivity index (χ1) is 7.35. The summed E-state index contributed by atoms with van der Waals surface area (Å²) in [4.78, 5) is 1.24. The maximum Gasteiger partial charge on any atom is 0.162 e. The molecule has 0 fully saturated rings. The molecule has 4 heteroatoms. The van der Waals surface area contributed by atoms with Gasteiger partial charge in [0.15, 0.2) is 11.5 Å². The average Bonchev–Trinajstić information content (AvgIpc) is 2.28. The van der Waals surface area contributed by atoms with Gasteiger partial charge in [0.1, 0.15) is 13.2 Å². The van der Waals surface area contributed by atoms with Crippen LogP contribution in [0.5, 0.6) is 11.5 Å². The molecule has 1 aromatic rings. The summed E-state index contributed by atoms with van der Waals surface area (Å²) in [6.07, 6.45) is 2.07. The molecule has 0 saturated heterocycles. The summed E-state index contributed by atoms with van der Waals surface area (Å²) in [6.45, 7) is 2.14. The molecule has 0 spiro atoms. The van der Waals surface area contributed by atoms with Gasteiger partial charge >= 0.3 is 0 Å². The Balaban J connectivity index is 2.37. The summed E-state index contributed by atoms with van der Waals surface area (Å²) in [7, 11) is 1.95. The fraction of sp³-hybridized carbons (Fsp3) is 0.455. The lowest BCUT2D eigenvalue weighted by molar-refractivity contribution is 0.171. The Morgan fingerprint density at radius 2 is 1.93 bits per heavy atom. The second-order valence-corrected chi connectivity index (χ2v) is 4.19. The van der Waals surface area contributed by atoms with Gasteiger partial charge in [0.05, 0.1) is 0 Å². The third kappa shape index (κ3) is 2.21. The van der Waals surface area contributed by atoms with E-state index in [2.05, 4.69) is 23.7 Å². The monoisotopic (exact) mass is 225 g/mol. The van der Waals surface area contributed by atoms with Crippen molar-refractivity contribution in [3.8, 4) is 11.5 Å². The summed E-state index contributed by atoms with van der Waals surface area (Å²) < 4.78 is 11.1. The summed E-state index contributed by atoms with van der Waals surface area (Å²) in [5.41, 5.74) is 1.26. The zero-order valence-corrected chi connectivity index (χ0v) is 9.82. The van der Waals surface area contributed by atoms with Crippen LogP contribution in [0.1, 0.15) is 5.56 Å². The predicted octanol–water partition coefficient (Wildman–Crippen LogP) is 1.90. The van der Waals surface area contributed by atoms with Crippen LogP contribution in [0.4, 0.5) is 0 Å². The molecule has 1 aliphatic rings. The van der Waals surface area contributed by atoms with E-state index < -0.39 is 0 Å². The standard InChI is InChI=1S/C11H15NO2S/c1-12-7-8-5-9-10(6-11(8)15-2)14-4-3-13-9/h5-6,12H,3-4,7H2,1-2H3. The minimum absolute atomic E-state index is 0.643. The third-order valence-electron chi connectivity index (χ3n) is 2.31. The molecule has 82 valence electrons. The molecule has 1 aromatic carbocycles. The second-order valence-electron chi connectivity index (χ2n) is 3.34. The lowest BCUT2D eigenvalue weighted by Crippen LogP contribution is -2.16. The molecule has 1 heterocycles. The van der Waals surface area contributed by atoms with Gasteiger partial charge in [-0.05, 0) is 31.0 Å². The lowest BCUT2D eigenvalue weighted by Gasteiger charge is -2.20.